The van der Waals surface area contributed by atoms with Gasteiger partial charge in [-0.3, -0.25) is 0 Å². The lowest BCUT2D eigenvalue weighted by atomic mass is 10.1. The Morgan fingerprint density at radius 2 is 1.78 bits per heavy atom. The summed E-state index contributed by atoms with van der Waals surface area (Å²) in [6.45, 7) is 0. The van der Waals surface area contributed by atoms with E-state index in [1.54, 1.807) is 18.2 Å². The van der Waals surface area contributed by atoms with Crippen LogP contribution in [0.4, 0.5) is 10.1 Å². The van der Waals surface area contributed by atoms with E-state index >= 15 is 0 Å². The highest BCUT2D eigenvalue weighted by Gasteiger charge is 2.14. The molecule has 0 aromatic heterocycles. The lowest BCUT2D eigenvalue weighted by Gasteiger charge is -2.13. The summed E-state index contributed by atoms with van der Waals surface area (Å²) in [6.07, 6.45) is 0. The van der Waals surface area contributed by atoms with Crippen LogP contribution in [0.25, 0.3) is 0 Å². The molecule has 0 aliphatic carbocycles. The van der Waals surface area contributed by atoms with Crippen LogP contribution in [0.3, 0.4) is 0 Å². The van der Waals surface area contributed by atoms with E-state index in [4.69, 9.17) is 5.26 Å². The summed E-state index contributed by atoms with van der Waals surface area (Å²) >= 11 is 3.33. The third kappa shape index (κ3) is 2.88. The SMILES string of the molecule is N#CC(Nc1ccc(Br)cc1)c1ccccc1F. The summed E-state index contributed by atoms with van der Waals surface area (Å²) in [5, 5.41) is 12.1. The fourth-order valence-electron chi connectivity index (χ4n) is 1.60. The maximum Gasteiger partial charge on any atom is 0.143 e. The molecule has 0 bridgehead atoms. The summed E-state index contributed by atoms with van der Waals surface area (Å²) in [4.78, 5) is 0. The fraction of sp³-hybridized carbons (Fsp3) is 0.0714. The van der Waals surface area contributed by atoms with Crippen LogP contribution >= 0.6 is 15.9 Å². The van der Waals surface area contributed by atoms with Gasteiger partial charge in [0.05, 0.1) is 6.07 Å². The standard InChI is InChI=1S/C14H10BrFN2/c15-10-5-7-11(8-6-10)18-14(9-17)12-3-1-2-4-13(12)16/h1-8,14,18H. The molecule has 4 heteroatoms. The fourth-order valence-corrected chi connectivity index (χ4v) is 1.87. The highest BCUT2D eigenvalue weighted by molar-refractivity contribution is 9.10. The van der Waals surface area contributed by atoms with Gasteiger partial charge in [-0.2, -0.15) is 5.26 Å². The molecule has 1 atom stereocenters. The molecular weight excluding hydrogens is 295 g/mol. The highest BCUT2D eigenvalue weighted by atomic mass is 79.9. The summed E-state index contributed by atoms with van der Waals surface area (Å²) in [5.41, 5.74) is 1.12. The zero-order valence-electron chi connectivity index (χ0n) is 9.40. The molecule has 2 rings (SSSR count). The van der Waals surface area contributed by atoms with E-state index in [0.717, 1.165) is 10.2 Å². The molecule has 0 aliphatic heterocycles. The average Bonchev–Trinajstić information content (AvgIpc) is 2.39. The molecule has 0 amide bonds. The summed E-state index contributed by atoms with van der Waals surface area (Å²) < 4.78 is 14.5. The van der Waals surface area contributed by atoms with Crippen molar-refractivity contribution in [2.45, 2.75) is 6.04 Å². The number of anilines is 1. The second kappa shape index (κ2) is 5.65. The van der Waals surface area contributed by atoms with Crippen molar-refractivity contribution in [3.05, 3.63) is 64.4 Å². The number of hydrogen-bond donors (Lipinski definition) is 1. The molecular formula is C14H10BrFN2. The van der Waals surface area contributed by atoms with Crippen molar-refractivity contribution in [2.24, 2.45) is 0 Å². The van der Waals surface area contributed by atoms with Gasteiger partial charge in [0.1, 0.15) is 11.9 Å². The zero-order valence-corrected chi connectivity index (χ0v) is 11.0. The lowest BCUT2D eigenvalue weighted by Crippen LogP contribution is -2.10. The third-order valence-electron chi connectivity index (χ3n) is 2.50. The summed E-state index contributed by atoms with van der Waals surface area (Å²) in [6, 6.07) is 15.0. The van der Waals surface area contributed by atoms with Crippen LogP contribution in [0.1, 0.15) is 11.6 Å². The quantitative estimate of drug-likeness (QED) is 0.919. The first kappa shape index (κ1) is 12.6. The molecule has 0 fully saturated rings. The first-order valence-electron chi connectivity index (χ1n) is 5.37. The van der Waals surface area contributed by atoms with Crippen LogP contribution in [0, 0.1) is 17.1 Å². The van der Waals surface area contributed by atoms with Crippen molar-refractivity contribution in [3.63, 3.8) is 0 Å². The van der Waals surface area contributed by atoms with Crippen molar-refractivity contribution in [1.82, 2.24) is 0 Å². The van der Waals surface area contributed by atoms with Gasteiger partial charge in [-0.1, -0.05) is 34.1 Å². The average molecular weight is 305 g/mol. The second-order valence-electron chi connectivity index (χ2n) is 3.73. The molecule has 2 aromatic rings. The number of rotatable bonds is 3. The van der Waals surface area contributed by atoms with Gasteiger partial charge in [0.15, 0.2) is 0 Å². The Morgan fingerprint density at radius 3 is 2.39 bits per heavy atom. The van der Waals surface area contributed by atoms with Crippen LogP contribution in [0.15, 0.2) is 53.0 Å². The molecule has 1 N–H and O–H groups in total. The predicted octanol–water partition coefficient (Wildman–Crippen LogP) is 4.26. The molecule has 2 nitrogen and oxygen atoms in total. The van der Waals surface area contributed by atoms with Crippen molar-refractivity contribution >= 4 is 21.6 Å². The molecule has 2 aromatic carbocycles. The van der Waals surface area contributed by atoms with Gasteiger partial charge < -0.3 is 5.32 Å². The summed E-state index contributed by atoms with van der Waals surface area (Å²) in [7, 11) is 0. The Hall–Kier alpha value is -1.86. The van der Waals surface area contributed by atoms with Crippen LogP contribution in [-0.4, -0.2) is 0 Å². The van der Waals surface area contributed by atoms with Crippen molar-refractivity contribution in [1.29, 1.82) is 5.26 Å². The van der Waals surface area contributed by atoms with Gasteiger partial charge >= 0.3 is 0 Å². The van der Waals surface area contributed by atoms with E-state index in [0.29, 0.717) is 5.56 Å². The normalized spacial score (nSPS) is 11.6. The maximum atomic E-state index is 13.6. The summed E-state index contributed by atoms with van der Waals surface area (Å²) in [5.74, 6) is -0.381. The third-order valence-corrected chi connectivity index (χ3v) is 3.03. The van der Waals surface area contributed by atoms with E-state index in [-0.39, 0.29) is 5.82 Å². The zero-order chi connectivity index (χ0) is 13.0. The number of nitrogens with zero attached hydrogens (tertiary/aromatic N) is 1. The predicted molar refractivity (Wildman–Crippen MR) is 72.5 cm³/mol. The van der Waals surface area contributed by atoms with Gasteiger partial charge in [-0.05, 0) is 30.3 Å². The molecule has 0 radical (unpaired) electrons. The van der Waals surface area contributed by atoms with E-state index in [1.165, 1.54) is 6.07 Å². The van der Waals surface area contributed by atoms with Crippen LogP contribution in [-0.2, 0) is 0 Å². The number of nitriles is 1. The van der Waals surface area contributed by atoms with E-state index in [2.05, 4.69) is 27.3 Å². The number of nitrogens with one attached hydrogen (secondary N) is 1. The van der Waals surface area contributed by atoms with Gasteiger partial charge in [-0.25, -0.2) is 4.39 Å². The Balaban J connectivity index is 2.23. The Morgan fingerprint density at radius 1 is 1.11 bits per heavy atom. The monoisotopic (exact) mass is 304 g/mol. The number of hydrogen-bond acceptors (Lipinski definition) is 2. The Bertz CT molecular complexity index is 575. The second-order valence-corrected chi connectivity index (χ2v) is 4.65. The van der Waals surface area contributed by atoms with Crippen molar-refractivity contribution < 1.29 is 4.39 Å². The molecule has 90 valence electrons. The van der Waals surface area contributed by atoms with Crippen molar-refractivity contribution in [3.8, 4) is 6.07 Å². The molecule has 1 unspecified atom stereocenters. The van der Waals surface area contributed by atoms with Gasteiger partial charge in [0, 0.05) is 15.7 Å². The topological polar surface area (TPSA) is 35.8 Å². The van der Waals surface area contributed by atoms with Crippen LogP contribution < -0.4 is 5.32 Å². The molecule has 0 aliphatic rings. The molecule has 0 saturated heterocycles. The van der Waals surface area contributed by atoms with Crippen molar-refractivity contribution in [2.75, 3.05) is 5.32 Å². The highest BCUT2D eigenvalue weighted by Crippen LogP contribution is 2.22. The number of benzene rings is 2. The molecule has 18 heavy (non-hydrogen) atoms. The minimum absolute atomic E-state index is 0.350. The first-order chi connectivity index (χ1) is 8.70. The molecule has 0 spiro atoms. The first-order valence-corrected chi connectivity index (χ1v) is 6.16. The van der Waals surface area contributed by atoms with E-state index in [1.807, 2.05) is 24.3 Å². The van der Waals surface area contributed by atoms with E-state index in [9.17, 15) is 4.39 Å². The maximum absolute atomic E-state index is 13.6. The molecule has 0 heterocycles. The van der Waals surface area contributed by atoms with Crippen LogP contribution in [0.2, 0.25) is 0 Å². The smallest absolute Gasteiger partial charge is 0.143 e. The largest absolute Gasteiger partial charge is 0.366 e. The minimum Gasteiger partial charge on any atom is -0.366 e. The van der Waals surface area contributed by atoms with Crippen LogP contribution in [0.5, 0.6) is 0 Å². The molecule has 0 saturated carbocycles. The Labute approximate surface area is 113 Å². The van der Waals surface area contributed by atoms with Gasteiger partial charge in [0.2, 0.25) is 0 Å². The van der Waals surface area contributed by atoms with Gasteiger partial charge in [0.25, 0.3) is 0 Å². The Kier molecular flexibility index (Phi) is 3.96. The van der Waals surface area contributed by atoms with E-state index < -0.39 is 6.04 Å². The lowest BCUT2D eigenvalue weighted by molar-refractivity contribution is 0.607. The minimum atomic E-state index is -0.702. The number of halogens is 2. The van der Waals surface area contributed by atoms with Gasteiger partial charge in [-0.15, -0.1) is 0 Å².